The summed E-state index contributed by atoms with van der Waals surface area (Å²) < 4.78 is 95.1. The maximum absolute atomic E-state index is 13.9. The number of rotatable bonds is 21. The number of carboxylic acids is 3. The van der Waals surface area contributed by atoms with Gasteiger partial charge < -0.3 is 50.0 Å². The molecule has 0 aliphatic carbocycles. The number of carbonyl (C=O) groups excluding carboxylic acids is 3. The van der Waals surface area contributed by atoms with Gasteiger partial charge in [0.05, 0.1) is 59.0 Å². The Hall–Kier alpha value is -8.08. The van der Waals surface area contributed by atoms with Gasteiger partial charge in [-0.15, -0.1) is 22.7 Å². The van der Waals surface area contributed by atoms with E-state index in [1.807, 2.05) is 10.3 Å². The fraction of sp³-hybridized carbons (Fsp3) is 0.382. The summed E-state index contributed by atoms with van der Waals surface area (Å²) in [7, 11) is -5.39. The highest BCUT2D eigenvalue weighted by molar-refractivity contribution is 9.10. The van der Waals surface area contributed by atoms with E-state index in [4.69, 9.17) is 59.0 Å². The second-order valence-electron chi connectivity index (χ2n) is 24.6. The highest BCUT2D eigenvalue weighted by Gasteiger charge is 2.46. The molecule has 29 nitrogen and oxygen atoms in total. The minimum absolute atomic E-state index is 0.0268. The van der Waals surface area contributed by atoms with Crippen molar-refractivity contribution >= 4 is 158 Å². The van der Waals surface area contributed by atoms with Crippen molar-refractivity contribution in [3.63, 3.8) is 0 Å². The van der Waals surface area contributed by atoms with Crippen LogP contribution < -0.4 is 16.0 Å². The zero-order valence-corrected chi connectivity index (χ0v) is 66.0. The molecular formula is C68H71BrCl3F2N13O16S5. The molecule has 7 atom stereocenters. The van der Waals surface area contributed by atoms with E-state index >= 15 is 0 Å². The fourth-order valence-electron chi connectivity index (χ4n) is 12.5. The molecule has 3 fully saturated rings. The normalized spacial score (nSPS) is 22.2. The van der Waals surface area contributed by atoms with Crippen molar-refractivity contribution in [1.29, 1.82) is 0 Å². The Bertz CT molecular complexity index is 4880. The molecule has 0 bridgehead atoms. The van der Waals surface area contributed by atoms with Crippen LogP contribution in [0.5, 0.6) is 0 Å². The molecule has 40 heteroatoms. The molecule has 6 N–H and O–H groups in total. The molecule has 108 heavy (non-hydrogen) atoms. The second-order valence-corrected chi connectivity index (χ2v) is 34.3. The number of nitrogens with one attached hydrogen (secondary N) is 3. The number of carboxylic acid groups (broad SMARTS) is 3. The lowest BCUT2D eigenvalue weighted by atomic mass is 9.95. The number of carbonyl (C=O) groups is 6. The number of benzene rings is 3. The number of sulfone groups is 2. The van der Waals surface area contributed by atoms with E-state index < -0.39 is 114 Å². The van der Waals surface area contributed by atoms with E-state index in [0.717, 1.165) is 11.8 Å². The Balaban J connectivity index is 0.000000173. The van der Waals surface area contributed by atoms with Crippen LogP contribution in [0.3, 0.4) is 0 Å². The van der Waals surface area contributed by atoms with Crippen LogP contribution in [0.2, 0.25) is 15.1 Å². The average Bonchev–Trinajstić information content (AvgIpc) is 0.978. The van der Waals surface area contributed by atoms with Crippen molar-refractivity contribution in [3.8, 4) is 0 Å². The quantitative estimate of drug-likeness (QED) is 0.0297. The zero-order valence-electron chi connectivity index (χ0n) is 58.0. The smallest absolute Gasteiger partial charge is 0.338 e. The third-order valence-electron chi connectivity index (χ3n) is 17.7. The second kappa shape index (κ2) is 36.2. The largest absolute Gasteiger partial charge is 0.480 e. The monoisotopic (exact) mass is 1710 g/mol. The first-order valence-corrected chi connectivity index (χ1v) is 41.6. The van der Waals surface area contributed by atoms with Crippen LogP contribution in [0.4, 0.5) is 8.78 Å². The van der Waals surface area contributed by atoms with Crippen LogP contribution in [0.15, 0.2) is 143 Å². The molecule has 3 saturated heterocycles. The summed E-state index contributed by atoms with van der Waals surface area (Å²) in [6.45, 7) is 7.16. The number of amidine groups is 3. The van der Waals surface area contributed by atoms with Gasteiger partial charge in [-0.1, -0.05) is 68.9 Å². The van der Waals surface area contributed by atoms with Crippen molar-refractivity contribution in [3.05, 3.63) is 188 Å². The minimum atomic E-state index is -3.59. The van der Waals surface area contributed by atoms with E-state index in [1.54, 1.807) is 98.6 Å². The van der Waals surface area contributed by atoms with Crippen molar-refractivity contribution in [2.24, 2.45) is 22.0 Å². The Morgan fingerprint density at radius 3 is 1.55 bits per heavy atom. The number of halogens is 6. The van der Waals surface area contributed by atoms with Crippen LogP contribution in [0, 0.1) is 11.6 Å². The first kappa shape index (κ1) is 82.4. The van der Waals surface area contributed by atoms with Gasteiger partial charge in [-0.3, -0.25) is 44.1 Å². The summed E-state index contributed by atoms with van der Waals surface area (Å²) in [4.78, 5) is 108. The maximum Gasteiger partial charge on any atom is 0.338 e. The maximum atomic E-state index is 13.9. The van der Waals surface area contributed by atoms with Crippen LogP contribution >= 0.6 is 85.2 Å². The fourth-order valence-corrected chi connectivity index (χ4v) is 19.2. The highest BCUT2D eigenvalue weighted by atomic mass is 79.9. The van der Waals surface area contributed by atoms with Gasteiger partial charge in [0.2, 0.25) is 0 Å². The third-order valence-corrected chi connectivity index (χ3v) is 25.6. The van der Waals surface area contributed by atoms with Crippen molar-refractivity contribution in [2.45, 2.75) is 69.2 Å². The first-order chi connectivity index (χ1) is 51.4. The number of aliphatic carboxylic acids is 3. The molecule has 6 aliphatic heterocycles. The molecule has 7 unspecified atom stereocenters. The zero-order chi connectivity index (χ0) is 78.1. The van der Waals surface area contributed by atoms with Gasteiger partial charge in [0.1, 0.15) is 47.9 Å². The van der Waals surface area contributed by atoms with Gasteiger partial charge in [0.25, 0.3) is 0 Å². The third kappa shape index (κ3) is 19.4. The standard InChI is InChI=1S/C23H24Cl2N4O6S2.C23H25ClFN5O6S.C22H22BrFN4O4S2/c1-3-35-23(32)17-16(11-29-7-9-37(33,34)12(2)19(29)22(30)31)27-20(21-26-6-8-36-21)28-18(17)14-5-4-13(24)10-15(14)25;1-3-36-23(33)18-16(11-30-8-9-37(34,35)12-17(30)22(31)32)27-20(21-26-6-7-29(21)2)28-19(18)14-5-4-13(25)10-15(14)24;1-2-32-22(31)17-15(10-28-6-8-33-11-16(28)21(29)30)26-19(20-25-5-7-34-20)27-18(17)13-4-3-12(24)9-14(13)23/h4-6,8,10,12,18-19H,3,7,9,11H2,1-2H3,(H,27,28)(H,30,31);4-7,10,17,19H,3,8-9,11-12H2,1-2H3,(H,27,28)(H,31,32);3-5,7,9,16,18H,2,6,8,10-11H2,1H3,(H,26,27)(H,29,30). The van der Waals surface area contributed by atoms with Crippen LogP contribution in [-0.4, -0.2) is 231 Å². The van der Waals surface area contributed by atoms with E-state index in [-0.39, 0.29) is 102 Å². The summed E-state index contributed by atoms with van der Waals surface area (Å²) in [5.41, 5.74) is 2.92. The Kier molecular flexibility index (Phi) is 27.6. The summed E-state index contributed by atoms with van der Waals surface area (Å²) >= 11 is 26.7. The molecule has 6 aromatic rings. The lowest BCUT2D eigenvalue weighted by molar-refractivity contribution is -0.144. The number of ether oxygens (including phenoxy) is 3. The van der Waals surface area contributed by atoms with E-state index in [1.165, 1.54) is 63.7 Å². The average molecular weight is 1710 g/mol. The number of aliphatic imine (C=N–C) groups is 3. The number of aromatic nitrogens is 4. The Morgan fingerprint density at radius 2 is 1.07 bits per heavy atom. The summed E-state index contributed by atoms with van der Waals surface area (Å²) in [6, 6.07) is 6.69. The minimum Gasteiger partial charge on any atom is -0.480 e. The van der Waals surface area contributed by atoms with Gasteiger partial charge in [0, 0.05) is 141 Å². The topological polar surface area (TPSA) is 386 Å². The molecule has 3 aromatic carbocycles. The van der Waals surface area contributed by atoms with Gasteiger partial charge in [-0.2, -0.15) is 11.8 Å². The molecule has 12 rings (SSSR count). The lowest BCUT2D eigenvalue weighted by Gasteiger charge is -2.38. The van der Waals surface area contributed by atoms with E-state index in [9.17, 15) is 69.7 Å². The molecule has 0 radical (unpaired) electrons. The highest BCUT2D eigenvalue weighted by Crippen LogP contribution is 2.42. The van der Waals surface area contributed by atoms with Gasteiger partial charge >= 0.3 is 35.8 Å². The summed E-state index contributed by atoms with van der Waals surface area (Å²) in [6.07, 6.45) is 6.51. The number of thiazole rings is 2. The van der Waals surface area contributed by atoms with Crippen LogP contribution in [0.1, 0.15) is 78.4 Å². The lowest BCUT2D eigenvalue weighted by Crippen LogP contribution is -2.58. The number of imidazole rings is 1. The van der Waals surface area contributed by atoms with Gasteiger partial charge in [0.15, 0.2) is 53.0 Å². The van der Waals surface area contributed by atoms with Crippen molar-refractivity contribution in [1.82, 2.24) is 50.2 Å². The predicted octanol–water partition coefficient (Wildman–Crippen LogP) is 7.69. The van der Waals surface area contributed by atoms with Crippen molar-refractivity contribution in [2.75, 3.05) is 87.9 Å². The van der Waals surface area contributed by atoms with Crippen LogP contribution in [-0.2, 0) is 69.7 Å². The van der Waals surface area contributed by atoms with Crippen molar-refractivity contribution < 1.29 is 83.9 Å². The molecule has 6 aliphatic rings. The van der Waals surface area contributed by atoms with E-state index in [2.05, 4.69) is 51.8 Å². The van der Waals surface area contributed by atoms with Gasteiger partial charge in [-0.05, 0) is 69.7 Å². The molecule has 9 heterocycles. The Labute approximate surface area is 654 Å². The number of thioether (sulfide) groups is 1. The number of nitrogens with zero attached hydrogens (tertiary/aromatic N) is 10. The SMILES string of the molecule is CCOC(=O)C1=C(CN2CCS(=O)(=O)C(C)C2C(=O)O)NC(c2nccs2)=NC1c1ccc(Cl)cc1Cl.CCOC(=O)C1=C(CN2CCS(=O)(=O)CC2C(=O)O)NC(c2nccn2C)=NC1c1ccc(F)cc1Cl.CCOC(=O)C1=C(CN2CCSCC2C(=O)O)NC(c2nccs2)=NC1c1ccc(F)cc1Br. The number of hydrogen-bond donors (Lipinski definition) is 6. The molecule has 0 spiro atoms. The molecule has 576 valence electrons. The Morgan fingerprint density at radius 1 is 0.602 bits per heavy atom. The molecular weight excluding hydrogens is 1640 g/mol. The molecule has 0 saturated carbocycles. The number of hydrogen-bond acceptors (Lipinski definition) is 28. The number of aryl methyl sites for hydroxylation is 1. The predicted molar refractivity (Wildman–Crippen MR) is 406 cm³/mol. The first-order valence-electron chi connectivity index (χ1n) is 33.2. The van der Waals surface area contributed by atoms with Crippen LogP contribution in [0.25, 0.3) is 0 Å². The summed E-state index contributed by atoms with van der Waals surface area (Å²) in [5.74, 6) is -4.69. The number of esters is 3. The summed E-state index contributed by atoms with van der Waals surface area (Å²) in [5, 5.41) is 43.2. The van der Waals surface area contributed by atoms with E-state index in [0.29, 0.717) is 77.4 Å². The molecule has 0 amide bonds. The molecule has 3 aromatic heterocycles. The van der Waals surface area contributed by atoms with Gasteiger partial charge in [-0.25, -0.2) is 55.0 Å².